The fourth-order valence-electron chi connectivity index (χ4n) is 2.63. The molecule has 1 aliphatic rings. The summed E-state index contributed by atoms with van der Waals surface area (Å²) in [6.45, 7) is -3.81. The molecule has 1 saturated heterocycles. The van der Waals surface area contributed by atoms with Gasteiger partial charge >= 0.3 is 59.7 Å². The molecule has 3 nitrogen and oxygen atoms in total. The fourth-order valence-corrected chi connectivity index (χ4v) is 2.63. The van der Waals surface area contributed by atoms with Gasteiger partial charge in [0.15, 0.2) is 0 Å². The van der Waals surface area contributed by atoms with Crippen molar-refractivity contribution in [2.45, 2.75) is 59.7 Å². The van der Waals surface area contributed by atoms with Gasteiger partial charge in [-0.2, -0.15) is 79.0 Å². The van der Waals surface area contributed by atoms with Crippen molar-refractivity contribution in [1.29, 1.82) is 0 Å². The molecule has 0 N–H and O–H groups in total. The third-order valence-corrected chi connectivity index (χ3v) is 5.02. The van der Waals surface area contributed by atoms with Crippen molar-refractivity contribution in [3.05, 3.63) is 0 Å². The Hall–Kier alpha value is -1.97. The number of amides is 1. The number of carbonyl (C=O) groups excluding carboxylic acids is 1. The number of ether oxygens (including phenoxy) is 1. The fraction of sp³-hybridized carbons (Fsp3) is 0.933. The molecule has 0 spiro atoms. The van der Waals surface area contributed by atoms with Crippen LogP contribution >= 0.6 is 0 Å². The van der Waals surface area contributed by atoms with Gasteiger partial charge in [0.1, 0.15) is 0 Å². The van der Waals surface area contributed by atoms with Crippen LogP contribution < -0.4 is 0 Å². The van der Waals surface area contributed by atoms with E-state index in [0.29, 0.717) is 0 Å². The van der Waals surface area contributed by atoms with E-state index in [1.165, 1.54) is 0 Å². The summed E-state index contributed by atoms with van der Waals surface area (Å²) in [6, 6.07) is 0. The summed E-state index contributed by atoms with van der Waals surface area (Å²) in [7, 11) is 0. The van der Waals surface area contributed by atoms with Gasteiger partial charge in [-0.1, -0.05) is 0 Å². The number of hydrogen-bond donors (Lipinski definition) is 0. The molecule has 1 aliphatic heterocycles. The van der Waals surface area contributed by atoms with Crippen LogP contribution in [0.2, 0.25) is 0 Å². The lowest BCUT2D eigenvalue weighted by atomic mass is 9.86. The van der Waals surface area contributed by atoms with Crippen LogP contribution in [0.1, 0.15) is 0 Å². The molecule has 0 aromatic carbocycles. The smallest absolute Gasteiger partial charge is 0.378 e. The Balaban J connectivity index is 3.69. The highest BCUT2D eigenvalue weighted by Gasteiger charge is 2.97. The van der Waals surface area contributed by atoms with E-state index in [1.807, 2.05) is 0 Å². The largest absolute Gasteiger partial charge is 0.392 e. The summed E-state index contributed by atoms with van der Waals surface area (Å²) < 4.78 is 272. The SMILES string of the molecule is O=C(N1CCOCC1)C(F)(F)C(F)(F)C(F)(F)C(F)(F)C(F)(F)C(F)(F)C(F)(F)C(F)(F)C(F)(F)C(F)F. The molecule has 0 aromatic rings. The van der Waals surface area contributed by atoms with Crippen LogP contribution in [0.3, 0.4) is 0 Å². The summed E-state index contributed by atoms with van der Waals surface area (Å²) in [4.78, 5) is 11.0. The van der Waals surface area contributed by atoms with Gasteiger partial charge in [0, 0.05) is 13.1 Å². The molecule has 38 heavy (non-hydrogen) atoms. The quantitative estimate of drug-likeness (QED) is 0.290. The highest BCUT2D eigenvalue weighted by molar-refractivity contribution is 5.85. The van der Waals surface area contributed by atoms with E-state index >= 15 is 0 Å². The molecule has 0 bridgehead atoms. The van der Waals surface area contributed by atoms with Crippen molar-refractivity contribution in [2.75, 3.05) is 26.3 Å². The second-order valence-electron chi connectivity index (χ2n) is 7.42. The van der Waals surface area contributed by atoms with E-state index in [-0.39, 0.29) is 0 Å². The van der Waals surface area contributed by atoms with Crippen molar-refractivity contribution < 1.29 is 97.3 Å². The minimum atomic E-state index is -9.10. The molecule has 0 unspecified atom stereocenters. The Morgan fingerprint density at radius 2 is 0.816 bits per heavy atom. The molecule has 226 valence electrons. The first-order valence-corrected chi connectivity index (χ1v) is 9.01. The number of carbonyl (C=O) groups is 1. The van der Waals surface area contributed by atoms with Gasteiger partial charge in [0.2, 0.25) is 0 Å². The van der Waals surface area contributed by atoms with E-state index < -0.39 is 96.8 Å². The number of hydrogen-bond acceptors (Lipinski definition) is 2. The average Bonchev–Trinajstić information content (AvgIpc) is 2.77. The average molecular weight is 615 g/mol. The van der Waals surface area contributed by atoms with Crippen LogP contribution in [-0.2, 0) is 9.53 Å². The van der Waals surface area contributed by atoms with Crippen LogP contribution in [0.25, 0.3) is 0 Å². The highest BCUT2D eigenvalue weighted by atomic mass is 19.4. The first kappa shape index (κ1) is 34.1. The summed E-state index contributed by atoms with van der Waals surface area (Å²) in [5.74, 6) is -80.0. The molecule has 0 atom stereocenters. The molecular weight excluding hydrogens is 606 g/mol. The lowest BCUT2D eigenvalue weighted by Gasteiger charge is -2.44. The highest BCUT2D eigenvalue weighted by Crippen LogP contribution is 2.65. The van der Waals surface area contributed by atoms with Crippen molar-refractivity contribution in [3.63, 3.8) is 0 Å². The summed E-state index contributed by atoms with van der Waals surface area (Å²) in [5.41, 5.74) is 0. The predicted octanol–water partition coefficient (Wildman–Crippen LogP) is 5.83. The van der Waals surface area contributed by atoms with E-state index in [0.717, 1.165) is 0 Å². The second kappa shape index (κ2) is 9.30. The zero-order valence-corrected chi connectivity index (χ0v) is 17.2. The standard InChI is InChI=1S/C15H9F20NO2/c16-5(17)7(18,19)9(22,23)11(26,27)13(30,31)15(34,35)14(32,33)12(28,29)10(24,25)8(20,21)6(37)36-1-3-38-4-2-36/h5H,1-4H2. The maximum absolute atomic E-state index is 13.9. The molecule has 1 rings (SSSR count). The predicted molar refractivity (Wildman–Crippen MR) is 77.9 cm³/mol. The van der Waals surface area contributed by atoms with Gasteiger partial charge in [-0.05, 0) is 0 Å². The molecule has 1 amide bonds. The summed E-state index contributed by atoms with van der Waals surface area (Å²) in [6.07, 6.45) is -6.12. The van der Waals surface area contributed by atoms with E-state index in [1.54, 1.807) is 0 Å². The van der Waals surface area contributed by atoms with Gasteiger partial charge in [-0.15, -0.1) is 0 Å². The molecule has 1 heterocycles. The van der Waals surface area contributed by atoms with Crippen LogP contribution in [0.5, 0.6) is 0 Å². The van der Waals surface area contributed by atoms with Crippen LogP contribution in [0, 0.1) is 0 Å². The van der Waals surface area contributed by atoms with E-state index in [4.69, 9.17) is 0 Å². The Morgan fingerprint density at radius 3 is 1.13 bits per heavy atom. The third kappa shape index (κ3) is 4.20. The Kier molecular flexibility index (Phi) is 8.34. The first-order chi connectivity index (χ1) is 16.5. The zero-order valence-electron chi connectivity index (χ0n) is 17.2. The van der Waals surface area contributed by atoms with Gasteiger partial charge in [0.25, 0.3) is 5.91 Å². The normalized spacial score (nSPS) is 18.3. The van der Waals surface area contributed by atoms with Gasteiger partial charge in [-0.3, -0.25) is 4.79 Å². The number of rotatable bonds is 10. The van der Waals surface area contributed by atoms with Crippen molar-refractivity contribution in [1.82, 2.24) is 4.90 Å². The molecule has 0 aromatic heterocycles. The molecular formula is C15H9F20NO2. The van der Waals surface area contributed by atoms with Crippen LogP contribution in [0.15, 0.2) is 0 Å². The van der Waals surface area contributed by atoms with Crippen LogP contribution in [0.4, 0.5) is 87.8 Å². The van der Waals surface area contributed by atoms with Crippen molar-refractivity contribution >= 4 is 5.91 Å². The number of nitrogens with zero attached hydrogens (tertiary/aromatic N) is 1. The minimum Gasteiger partial charge on any atom is -0.378 e. The molecule has 1 fully saturated rings. The maximum atomic E-state index is 13.9. The van der Waals surface area contributed by atoms with E-state index in [2.05, 4.69) is 4.74 Å². The van der Waals surface area contributed by atoms with Gasteiger partial charge < -0.3 is 9.64 Å². The first-order valence-electron chi connectivity index (χ1n) is 9.01. The molecule has 0 radical (unpaired) electrons. The summed E-state index contributed by atoms with van der Waals surface area (Å²) >= 11 is 0. The summed E-state index contributed by atoms with van der Waals surface area (Å²) in [5, 5.41) is 0. The van der Waals surface area contributed by atoms with Crippen LogP contribution in [-0.4, -0.2) is 96.8 Å². The molecule has 0 saturated carbocycles. The number of alkyl halides is 20. The van der Waals surface area contributed by atoms with Crippen molar-refractivity contribution in [2.24, 2.45) is 0 Å². The van der Waals surface area contributed by atoms with Gasteiger partial charge in [0.05, 0.1) is 13.2 Å². The topological polar surface area (TPSA) is 29.5 Å². The number of morpholine rings is 1. The monoisotopic (exact) mass is 615 g/mol. The third-order valence-electron chi connectivity index (χ3n) is 5.02. The zero-order chi connectivity index (χ0) is 30.8. The van der Waals surface area contributed by atoms with E-state index in [9.17, 15) is 92.6 Å². The number of halogens is 20. The Morgan fingerprint density at radius 1 is 0.526 bits per heavy atom. The lowest BCUT2D eigenvalue weighted by Crippen LogP contribution is -2.77. The van der Waals surface area contributed by atoms with Gasteiger partial charge in [-0.25, -0.2) is 8.78 Å². The minimum absolute atomic E-state index is 0.487. The Bertz CT molecular complexity index is 878. The second-order valence-corrected chi connectivity index (χ2v) is 7.42. The van der Waals surface area contributed by atoms with Crippen molar-refractivity contribution in [3.8, 4) is 0 Å². The maximum Gasteiger partial charge on any atom is 0.392 e. The Labute approximate surface area is 195 Å². The lowest BCUT2D eigenvalue weighted by molar-refractivity contribution is -0.463. The molecule has 0 aliphatic carbocycles. The molecule has 23 heteroatoms.